The van der Waals surface area contributed by atoms with Gasteiger partial charge in [-0.3, -0.25) is 24.0 Å². The summed E-state index contributed by atoms with van der Waals surface area (Å²) in [7, 11) is 0. The van der Waals surface area contributed by atoms with E-state index in [9.17, 15) is 24.0 Å². The van der Waals surface area contributed by atoms with Gasteiger partial charge < -0.3 is 29.0 Å². The molecule has 0 aromatic heterocycles. The van der Waals surface area contributed by atoms with Crippen LogP contribution >= 0.6 is 0 Å². The van der Waals surface area contributed by atoms with Gasteiger partial charge in [-0.15, -0.1) is 0 Å². The van der Waals surface area contributed by atoms with Gasteiger partial charge in [-0.25, -0.2) is 0 Å². The van der Waals surface area contributed by atoms with Crippen LogP contribution in [0.1, 0.15) is 60.3 Å². The minimum Gasteiger partial charge on any atom is -0.466 e. The van der Waals surface area contributed by atoms with Crippen LogP contribution in [0.2, 0.25) is 0 Å². The summed E-state index contributed by atoms with van der Waals surface area (Å²) in [6, 6.07) is -0.789. The summed E-state index contributed by atoms with van der Waals surface area (Å²) in [5, 5.41) is 2.73. The molecule has 5 atom stereocenters. The summed E-state index contributed by atoms with van der Waals surface area (Å²) >= 11 is 0. The second-order valence-corrected chi connectivity index (χ2v) is 7.58. The number of hydrogen-bond donors (Lipinski definition) is 1. The molecule has 0 aromatic rings. The lowest BCUT2D eigenvalue weighted by Gasteiger charge is -2.45. The maximum Gasteiger partial charge on any atom is 0.303 e. The van der Waals surface area contributed by atoms with Crippen molar-refractivity contribution in [2.75, 3.05) is 13.2 Å². The monoisotopic (exact) mass is 459 g/mol. The second kappa shape index (κ2) is 13.7. The van der Waals surface area contributed by atoms with Crippen molar-refractivity contribution in [3.8, 4) is 0 Å². The third kappa shape index (κ3) is 10.1. The van der Waals surface area contributed by atoms with E-state index < -0.39 is 48.4 Å². The van der Waals surface area contributed by atoms with Crippen molar-refractivity contribution >= 4 is 29.8 Å². The Labute approximate surface area is 187 Å². The molecular formula is C21H33NO10. The highest BCUT2D eigenvalue weighted by Gasteiger charge is 2.50. The van der Waals surface area contributed by atoms with Crippen molar-refractivity contribution in [1.82, 2.24) is 5.32 Å². The first-order chi connectivity index (χ1) is 15.0. The average Bonchev–Trinajstić information content (AvgIpc) is 2.65. The van der Waals surface area contributed by atoms with Crippen molar-refractivity contribution in [2.24, 2.45) is 0 Å². The van der Waals surface area contributed by atoms with E-state index in [1.165, 1.54) is 34.6 Å². The first kappa shape index (κ1) is 27.3. The zero-order valence-electron chi connectivity index (χ0n) is 19.2. The molecule has 0 bridgehead atoms. The number of esters is 4. The van der Waals surface area contributed by atoms with Crippen molar-refractivity contribution < 1.29 is 47.7 Å². The van der Waals surface area contributed by atoms with Crippen LogP contribution in [-0.2, 0) is 47.7 Å². The molecule has 1 saturated heterocycles. The molecule has 32 heavy (non-hydrogen) atoms. The highest BCUT2D eigenvalue weighted by Crippen LogP contribution is 2.29. The van der Waals surface area contributed by atoms with E-state index in [2.05, 4.69) is 5.32 Å². The van der Waals surface area contributed by atoms with Crippen LogP contribution in [-0.4, -0.2) is 73.5 Å². The van der Waals surface area contributed by atoms with Crippen LogP contribution in [0.4, 0.5) is 0 Å². The summed E-state index contributed by atoms with van der Waals surface area (Å²) in [4.78, 5) is 57.5. The molecular weight excluding hydrogens is 426 g/mol. The summed E-state index contributed by atoms with van der Waals surface area (Å²) in [5.74, 6) is -2.55. The molecule has 1 rings (SSSR count). The van der Waals surface area contributed by atoms with Crippen LogP contribution in [0.25, 0.3) is 0 Å². The fraction of sp³-hybridized carbons (Fsp3) is 0.762. The Morgan fingerprint density at radius 2 is 1.31 bits per heavy atom. The quantitative estimate of drug-likeness (QED) is 0.268. The van der Waals surface area contributed by atoms with Gasteiger partial charge in [-0.2, -0.15) is 0 Å². The molecule has 0 aliphatic carbocycles. The molecule has 182 valence electrons. The molecule has 0 radical (unpaired) electrons. The molecule has 0 aromatic carbocycles. The number of amides is 1. The van der Waals surface area contributed by atoms with Crippen LogP contribution in [0, 0.1) is 0 Å². The predicted octanol–water partition coefficient (Wildman–Crippen LogP) is 0.809. The lowest BCUT2D eigenvalue weighted by molar-refractivity contribution is -0.224. The number of hydrogen-bond acceptors (Lipinski definition) is 10. The van der Waals surface area contributed by atoms with Crippen LogP contribution in [0.5, 0.6) is 0 Å². The number of ether oxygens (including phenoxy) is 5. The zero-order valence-corrected chi connectivity index (χ0v) is 19.2. The highest BCUT2D eigenvalue weighted by molar-refractivity contribution is 5.73. The van der Waals surface area contributed by atoms with Gasteiger partial charge in [0.2, 0.25) is 5.91 Å². The number of carbonyl (C=O) groups excluding carboxylic acids is 5. The van der Waals surface area contributed by atoms with Crippen LogP contribution < -0.4 is 5.32 Å². The number of rotatable bonds is 11. The number of unbranched alkanes of at least 4 members (excludes halogenated alkanes) is 2. The lowest BCUT2D eigenvalue weighted by atomic mass is 9.89. The van der Waals surface area contributed by atoms with Gasteiger partial charge in [-0.1, -0.05) is 6.42 Å². The topological polar surface area (TPSA) is 144 Å². The van der Waals surface area contributed by atoms with Crippen molar-refractivity contribution in [3.05, 3.63) is 0 Å². The molecule has 1 heterocycles. The normalized spacial score (nSPS) is 24.7. The molecule has 1 amide bonds. The summed E-state index contributed by atoms with van der Waals surface area (Å²) in [6.45, 7) is 6.36. The fourth-order valence-electron chi connectivity index (χ4n) is 3.51. The van der Waals surface area contributed by atoms with E-state index in [0.717, 1.165) is 6.42 Å². The molecule has 11 nitrogen and oxygen atoms in total. The third-order valence-electron chi connectivity index (χ3n) is 4.66. The molecule has 1 N–H and O–H groups in total. The summed E-state index contributed by atoms with van der Waals surface area (Å²) in [6.07, 6.45) is -1.14. The standard InChI is InChI=1S/C21H33NO10/c1-12(23)22-19-17(9-7-6-8-10-28-13(2)24)32-18(11-29-14(3)25)20(30-15(4)26)21(19)31-16(5)27/h17-21H,6-11H2,1-5H3,(H,22,23)/t17-,18?,19?,20+,21?/m1/s1. The number of nitrogens with one attached hydrogen (secondary N) is 1. The van der Waals surface area contributed by atoms with Crippen molar-refractivity contribution in [2.45, 2.75) is 90.8 Å². The number of carbonyl (C=O) groups is 5. The molecule has 3 unspecified atom stereocenters. The molecule has 0 saturated carbocycles. The molecule has 1 fully saturated rings. The summed E-state index contributed by atoms with van der Waals surface area (Å²) in [5.41, 5.74) is 0. The second-order valence-electron chi connectivity index (χ2n) is 7.58. The predicted molar refractivity (Wildman–Crippen MR) is 109 cm³/mol. The molecule has 11 heteroatoms. The van der Waals surface area contributed by atoms with Crippen molar-refractivity contribution in [3.63, 3.8) is 0 Å². The van der Waals surface area contributed by atoms with E-state index in [1.807, 2.05) is 0 Å². The molecule has 1 aliphatic heterocycles. The minimum atomic E-state index is -1.09. The first-order valence-electron chi connectivity index (χ1n) is 10.5. The maximum absolute atomic E-state index is 11.9. The van der Waals surface area contributed by atoms with Gasteiger partial charge in [0.1, 0.15) is 12.7 Å². The van der Waals surface area contributed by atoms with E-state index in [4.69, 9.17) is 23.7 Å². The van der Waals surface area contributed by atoms with E-state index in [-0.39, 0.29) is 18.5 Å². The fourth-order valence-corrected chi connectivity index (χ4v) is 3.51. The third-order valence-corrected chi connectivity index (χ3v) is 4.66. The van der Waals surface area contributed by atoms with Gasteiger partial charge in [0.05, 0.1) is 18.8 Å². The largest absolute Gasteiger partial charge is 0.466 e. The molecule has 0 spiro atoms. The van der Waals surface area contributed by atoms with Crippen LogP contribution in [0.3, 0.4) is 0 Å². The van der Waals surface area contributed by atoms with Gasteiger partial charge in [0.25, 0.3) is 0 Å². The summed E-state index contributed by atoms with van der Waals surface area (Å²) < 4.78 is 26.8. The van der Waals surface area contributed by atoms with E-state index in [0.29, 0.717) is 25.9 Å². The van der Waals surface area contributed by atoms with Gasteiger partial charge in [-0.05, 0) is 19.3 Å². The van der Waals surface area contributed by atoms with Crippen LogP contribution in [0.15, 0.2) is 0 Å². The zero-order chi connectivity index (χ0) is 24.3. The SMILES string of the molecule is CC(=O)NC1C(OC(C)=O)[C@@H](OC(C)=O)C(COC(C)=O)O[C@@H]1CCCCCOC(C)=O. The Balaban J connectivity index is 3.05. The van der Waals surface area contributed by atoms with Gasteiger partial charge in [0, 0.05) is 34.6 Å². The smallest absolute Gasteiger partial charge is 0.303 e. The van der Waals surface area contributed by atoms with Gasteiger partial charge in [0.15, 0.2) is 12.2 Å². The Bertz CT molecular complexity index is 679. The first-order valence-corrected chi connectivity index (χ1v) is 10.5. The van der Waals surface area contributed by atoms with E-state index in [1.54, 1.807) is 0 Å². The minimum absolute atomic E-state index is 0.221. The Morgan fingerprint density at radius 1 is 0.719 bits per heavy atom. The molecule has 1 aliphatic rings. The van der Waals surface area contributed by atoms with E-state index >= 15 is 0 Å². The van der Waals surface area contributed by atoms with Crippen molar-refractivity contribution in [1.29, 1.82) is 0 Å². The Morgan fingerprint density at radius 3 is 1.84 bits per heavy atom. The Hall–Kier alpha value is -2.69. The maximum atomic E-state index is 11.9. The Kier molecular flexibility index (Phi) is 11.7. The van der Waals surface area contributed by atoms with Gasteiger partial charge >= 0.3 is 23.9 Å². The highest BCUT2D eigenvalue weighted by atomic mass is 16.6. The lowest BCUT2D eigenvalue weighted by Crippen LogP contribution is -2.66. The average molecular weight is 459 g/mol.